The van der Waals surface area contributed by atoms with E-state index in [-0.39, 0.29) is 17.6 Å². The molecule has 0 spiro atoms. The summed E-state index contributed by atoms with van der Waals surface area (Å²) in [6, 6.07) is 6.13. The molecule has 1 atom stereocenters. The average molecular weight is 285 g/mol. The maximum absolute atomic E-state index is 11.9. The van der Waals surface area contributed by atoms with Gasteiger partial charge in [0.2, 0.25) is 5.91 Å². The van der Waals surface area contributed by atoms with Crippen LogP contribution in [0.2, 0.25) is 0 Å². The second-order valence-electron chi connectivity index (χ2n) is 4.33. The summed E-state index contributed by atoms with van der Waals surface area (Å²) < 4.78 is 0. The van der Waals surface area contributed by atoms with Crippen LogP contribution in [-0.2, 0) is 4.79 Å². The number of benzene rings is 1. The van der Waals surface area contributed by atoms with Crippen LogP contribution in [0.1, 0.15) is 31.4 Å². The minimum atomic E-state index is -0.439. The van der Waals surface area contributed by atoms with Crippen LogP contribution in [0, 0.1) is 10.1 Å². The molecule has 1 unspecified atom stereocenters. The molecule has 0 bridgehead atoms. The standard InChI is InChI=1S/C13H17ClN2O3/c1-10(15(2)13(17)7-4-8-14)11-5-3-6-12(9-11)16(18)19/h3,5-6,9-10H,4,7-8H2,1-2H3. The van der Waals surface area contributed by atoms with Gasteiger partial charge in [0.1, 0.15) is 0 Å². The Balaban J connectivity index is 2.81. The van der Waals surface area contributed by atoms with Gasteiger partial charge < -0.3 is 4.90 Å². The van der Waals surface area contributed by atoms with Gasteiger partial charge in [-0.15, -0.1) is 11.6 Å². The first-order valence-electron chi connectivity index (χ1n) is 6.03. The predicted octanol–water partition coefficient (Wildman–Crippen LogP) is 3.13. The average Bonchev–Trinajstić information content (AvgIpc) is 2.43. The molecule has 0 aliphatic rings. The third-order valence-electron chi connectivity index (χ3n) is 3.06. The Labute approximate surface area is 117 Å². The van der Waals surface area contributed by atoms with Crippen molar-refractivity contribution in [3.8, 4) is 0 Å². The third-order valence-corrected chi connectivity index (χ3v) is 3.33. The number of halogens is 1. The van der Waals surface area contributed by atoms with Gasteiger partial charge in [-0.1, -0.05) is 12.1 Å². The molecule has 0 aliphatic heterocycles. The van der Waals surface area contributed by atoms with E-state index in [1.54, 1.807) is 24.1 Å². The maximum Gasteiger partial charge on any atom is 0.269 e. The number of carbonyl (C=O) groups excluding carboxylic acids is 1. The summed E-state index contributed by atoms with van der Waals surface area (Å²) in [5, 5.41) is 10.7. The van der Waals surface area contributed by atoms with Crippen LogP contribution in [0.25, 0.3) is 0 Å². The number of carbonyl (C=O) groups is 1. The molecular formula is C13H17ClN2O3. The highest BCUT2D eigenvalue weighted by molar-refractivity contribution is 6.17. The summed E-state index contributed by atoms with van der Waals surface area (Å²) in [5.74, 6) is 0.435. The second kappa shape index (κ2) is 7.09. The predicted molar refractivity (Wildman–Crippen MR) is 74.2 cm³/mol. The number of hydrogen-bond donors (Lipinski definition) is 0. The molecule has 0 saturated carbocycles. The van der Waals surface area contributed by atoms with Gasteiger partial charge in [-0.05, 0) is 18.9 Å². The fraction of sp³-hybridized carbons (Fsp3) is 0.462. The molecule has 0 fully saturated rings. The van der Waals surface area contributed by atoms with Gasteiger partial charge in [0, 0.05) is 31.5 Å². The highest BCUT2D eigenvalue weighted by atomic mass is 35.5. The molecular weight excluding hydrogens is 268 g/mol. The van der Waals surface area contributed by atoms with Crippen molar-refractivity contribution in [3.05, 3.63) is 39.9 Å². The van der Waals surface area contributed by atoms with Crippen LogP contribution < -0.4 is 0 Å². The monoisotopic (exact) mass is 284 g/mol. The topological polar surface area (TPSA) is 63.5 Å². The first-order valence-corrected chi connectivity index (χ1v) is 6.56. The van der Waals surface area contributed by atoms with E-state index in [1.807, 2.05) is 6.92 Å². The van der Waals surface area contributed by atoms with Crippen molar-refractivity contribution in [3.63, 3.8) is 0 Å². The molecule has 5 nitrogen and oxygen atoms in total. The van der Waals surface area contributed by atoms with E-state index in [0.29, 0.717) is 18.7 Å². The lowest BCUT2D eigenvalue weighted by Crippen LogP contribution is -2.29. The number of amides is 1. The summed E-state index contributed by atoms with van der Waals surface area (Å²) in [6.07, 6.45) is 1.02. The molecule has 6 heteroatoms. The molecule has 0 heterocycles. The Morgan fingerprint density at radius 1 is 1.53 bits per heavy atom. The van der Waals surface area contributed by atoms with Gasteiger partial charge >= 0.3 is 0 Å². The number of nitro benzene ring substituents is 1. The zero-order chi connectivity index (χ0) is 14.4. The smallest absolute Gasteiger partial charge is 0.269 e. The lowest BCUT2D eigenvalue weighted by atomic mass is 10.1. The number of nitrogens with zero attached hydrogens (tertiary/aromatic N) is 2. The van der Waals surface area contributed by atoms with Crippen LogP contribution in [0.4, 0.5) is 5.69 Å². The van der Waals surface area contributed by atoms with Crippen molar-refractivity contribution in [2.24, 2.45) is 0 Å². The molecule has 104 valence electrons. The van der Waals surface area contributed by atoms with Gasteiger partial charge in [0.25, 0.3) is 5.69 Å². The van der Waals surface area contributed by atoms with Gasteiger partial charge in [-0.2, -0.15) is 0 Å². The zero-order valence-electron chi connectivity index (χ0n) is 11.0. The highest BCUT2D eigenvalue weighted by Gasteiger charge is 2.18. The fourth-order valence-corrected chi connectivity index (χ4v) is 1.87. The molecule has 1 aromatic rings. The van der Waals surface area contributed by atoms with E-state index in [0.717, 1.165) is 5.56 Å². The van der Waals surface area contributed by atoms with Crippen molar-refractivity contribution in [2.45, 2.75) is 25.8 Å². The molecule has 19 heavy (non-hydrogen) atoms. The Kier molecular flexibility index (Phi) is 5.76. The minimum Gasteiger partial charge on any atom is -0.339 e. The van der Waals surface area contributed by atoms with Crippen molar-refractivity contribution in [1.82, 2.24) is 4.90 Å². The van der Waals surface area contributed by atoms with Crippen molar-refractivity contribution in [2.75, 3.05) is 12.9 Å². The fourth-order valence-electron chi connectivity index (χ4n) is 1.73. The lowest BCUT2D eigenvalue weighted by Gasteiger charge is -2.25. The minimum absolute atomic E-state index is 0.0142. The quantitative estimate of drug-likeness (QED) is 0.458. The van der Waals surface area contributed by atoms with E-state index >= 15 is 0 Å². The third kappa shape index (κ3) is 4.21. The number of hydrogen-bond acceptors (Lipinski definition) is 3. The SMILES string of the molecule is CC(c1cccc([N+](=O)[O-])c1)N(C)C(=O)CCCCl. The van der Waals surface area contributed by atoms with Crippen LogP contribution >= 0.6 is 11.6 Å². The number of rotatable bonds is 6. The molecule has 1 aromatic carbocycles. The van der Waals surface area contributed by atoms with E-state index < -0.39 is 4.92 Å². The molecule has 0 aliphatic carbocycles. The van der Waals surface area contributed by atoms with Crippen LogP contribution in [0.3, 0.4) is 0 Å². The zero-order valence-corrected chi connectivity index (χ0v) is 11.8. The lowest BCUT2D eigenvalue weighted by molar-refractivity contribution is -0.384. The van der Waals surface area contributed by atoms with E-state index in [1.165, 1.54) is 12.1 Å². The molecule has 1 rings (SSSR count). The van der Waals surface area contributed by atoms with E-state index in [4.69, 9.17) is 11.6 Å². The Bertz CT molecular complexity index is 465. The van der Waals surface area contributed by atoms with Crippen LogP contribution in [-0.4, -0.2) is 28.7 Å². The normalized spacial score (nSPS) is 11.9. The summed E-state index contributed by atoms with van der Waals surface area (Å²) >= 11 is 5.56. The molecule has 0 radical (unpaired) electrons. The number of alkyl halides is 1. The molecule has 1 amide bonds. The van der Waals surface area contributed by atoms with Crippen molar-refractivity contribution in [1.29, 1.82) is 0 Å². The summed E-state index contributed by atoms with van der Waals surface area (Å²) in [7, 11) is 1.69. The number of non-ortho nitro benzene ring substituents is 1. The van der Waals surface area contributed by atoms with Crippen molar-refractivity contribution < 1.29 is 9.72 Å². The van der Waals surface area contributed by atoms with Gasteiger partial charge in [-0.3, -0.25) is 14.9 Å². The first-order chi connectivity index (χ1) is 8.97. The number of nitro groups is 1. The largest absolute Gasteiger partial charge is 0.339 e. The second-order valence-corrected chi connectivity index (χ2v) is 4.70. The van der Waals surface area contributed by atoms with Crippen LogP contribution in [0.5, 0.6) is 0 Å². The Morgan fingerprint density at radius 2 is 2.21 bits per heavy atom. The van der Waals surface area contributed by atoms with Gasteiger partial charge in [-0.25, -0.2) is 0 Å². The summed E-state index contributed by atoms with van der Waals surface area (Å²) in [4.78, 5) is 23.8. The van der Waals surface area contributed by atoms with E-state index in [9.17, 15) is 14.9 Å². The Morgan fingerprint density at radius 3 is 2.79 bits per heavy atom. The van der Waals surface area contributed by atoms with Gasteiger partial charge in [0.05, 0.1) is 11.0 Å². The highest BCUT2D eigenvalue weighted by Crippen LogP contribution is 2.23. The van der Waals surface area contributed by atoms with Crippen LogP contribution in [0.15, 0.2) is 24.3 Å². The van der Waals surface area contributed by atoms with Crippen molar-refractivity contribution >= 4 is 23.2 Å². The van der Waals surface area contributed by atoms with Gasteiger partial charge in [0.15, 0.2) is 0 Å². The molecule has 0 N–H and O–H groups in total. The van der Waals surface area contributed by atoms with E-state index in [2.05, 4.69) is 0 Å². The summed E-state index contributed by atoms with van der Waals surface area (Å²) in [6.45, 7) is 1.84. The maximum atomic E-state index is 11.9. The Hall–Kier alpha value is -1.62. The summed E-state index contributed by atoms with van der Waals surface area (Å²) in [5.41, 5.74) is 0.780. The first kappa shape index (κ1) is 15.4. The molecule has 0 aromatic heterocycles. The molecule has 0 saturated heterocycles.